The van der Waals surface area contributed by atoms with E-state index in [1.807, 2.05) is 0 Å². The molecule has 0 N–H and O–H groups in total. The lowest BCUT2D eigenvalue weighted by molar-refractivity contribution is 0.727. The third-order valence-electron chi connectivity index (χ3n) is 2.53. The summed E-state index contributed by atoms with van der Waals surface area (Å²) in [6.45, 7) is 0. The van der Waals surface area contributed by atoms with E-state index < -0.39 is 0 Å². The van der Waals surface area contributed by atoms with Crippen molar-refractivity contribution in [2.24, 2.45) is 5.92 Å². The number of fused-ring (bicyclic) bond motifs is 1. The minimum atomic E-state index is 0.451. The van der Waals surface area contributed by atoms with Crippen LogP contribution in [0.1, 0.15) is 6.42 Å². The monoisotopic (exact) mass is 311 g/mol. The summed E-state index contributed by atoms with van der Waals surface area (Å²) < 4.78 is 2.15. The van der Waals surface area contributed by atoms with Crippen molar-refractivity contribution in [1.29, 1.82) is 0 Å². The largest absolute Gasteiger partial charge is 0.321 e. The topological polar surface area (TPSA) is 3.24 Å². The summed E-state index contributed by atoms with van der Waals surface area (Å²) >= 11 is 2.32. The first kappa shape index (κ1) is 10.7. The summed E-state index contributed by atoms with van der Waals surface area (Å²) in [7, 11) is 2.08. The SMILES string of the molecule is CN(I)/C1=C/C2=CC(C=CC=C2)/C=C\C1. The fraction of sp³-hybridized carbons (Fsp3) is 0.231. The van der Waals surface area contributed by atoms with Crippen LogP contribution in [-0.2, 0) is 0 Å². The van der Waals surface area contributed by atoms with Crippen molar-refractivity contribution in [3.8, 4) is 0 Å². The highest BCUT2D eigenvalue weighted by Gasteiger charge is 2.06. The van der Waals surface area contributed by atoms with Gasteiger partial charge in [-0.15, -0.1) is 0 Å². The molecular weight excluding hydrogens is 297 g/mol. The standard InChI is InChI=1S/C13H14IN/c1-15(14)13-8-4-7-11-5-2-3-6-12(9-11)10-13/h2-7,9-11H,8H2,1H3/b7-4-,13-10+. The van der Waals surface area contributed by atoms with Crippen molar-refractivity contribution in [3.05, 3.63) is 59.9 Å². The van der Waals surface area contributed by atoms with Crippen LogP contribution in [0, 0.1) is 5.92 Å². The molecular formula is C13H14IN. The molecule has 2 rings (SSSR count). The maximum absolute atomic E-state index is 2.32. The van der Waals surface area contributed by atoms with Gasteiger partial charge in [0, 0.05) is 25.1 Å². The lowest BCUT2D eigenvalue weighted by atomic mass is 10.0. The summed E-state index contributed by atoms with van der Waals surface area (Å²) in [6, 6.07) is 0. The van der Waals surface area contributed by atoms with E-state index in [1.54, 1.807) is 0 Å². The Kier molecular flexibility index (Phi) is 3.46. The van der Waals surface area contributed by atoms with E-state index in [4.69, 9.17) is 0 Å². The van der Waals surface area contributed by atoms with Crippen molar-refractivity contribution in [2.45, 2.75) is 6.42 Å². The zero-order chi connectivity index (χ0) is 10.7. The van der Waals surface area contributed by atoms with Gasteiger partial charge in [-0.3, -0.25) is 0 Å². The van der Waals surface area contributed by atoms with Gasteiger partial charge < -0.3 is 3.11 Å². The second-order valence-electron chi connectivity index (χ2n) is 3.73. The van der Waals surface area contributed by atoms with Gasteiger partial charge >= 0.3 is 0 Å². The minimum Gasteiger partial charge on any atom is -0.321 e. The smallest absolute Gasteiger partial charge is 0.0585 e. The van der Waals surface area contributed by atoms with Crippen LogP contribution < -0.4 is 0 Å². The molecule has 2 aliphatic rings. The summed E-state index contributed by atoms with van der Waals surface area (Å²) in [5.74, 6) is 0.451. The first-order chi connectivity index (χ1) is 7.25. The van der Waals surface area contributed by atoms with E-state index in [9.17, 15) is 0 Å². The number of hydrogen-bond donors (Lipinski definition) is 0. The third-order valence-corrected chi connectivity index (χ3v) is 3.15. The van der Waals surface area contributed by atoms with Crippen molar-refractivity contribution in [2.75, 3.05) is 7.05 Å². The molecule has 0 saturated carbocycles. The molecule has 0 aromatic heterocycles. The highest BCUT2D eigenvalue weighted by molar-refractivity contribution is 14.1. The molecule has 0 amide bonds. The van der Waals surface area contributed by atoms with Crippen LogP contribution in [0.5, 0.6) is 0 Å². The number of rotatable bonds is 1. The van der Waals surface area contributed by atoms with Crippen molar-refractivity contribution in [3.63, 3.8) is 0 Å². The summed E-state index contributed by atoms with van der Waals surface area (Å²) in [5, 5.41) is 0. The van der Waals surface area contributed by atoms with Crippen molar-refractivity contribution < 1.29 is 0 Å². The van der Waals surface area contributed by atoms with E-state index in [0.29, 0.717) is 5.92 Å². The number of allylic oxidation sites excluding steroid dienone is 9. The fourth-order valence-corrected chi connectivity index (χ4v) is 2.06. The van der Waals surface area contributed by atoms with Gasteiger partial charge in [0.25, 0.3) is 0 Å². The zero-order valence-corrected chi connectivity index (χ0v) is 10.9. The highest BCUT2D eigenvalue weighted by atomic mass is 127. The second kappa shape index (κ2) is 4.84. The van der Waals surface area contributed by atoms with Crippen LogP contribution in [0.2, 0.25) is 0 Å². The normalized spacial score (nSPS) is 29.3. The van der Waals surface area contributed by atoms with Gasteiger partial charge in [-0.1, -0.05) is 42.5 Å². The number of halogens is 1. The van der Waals surface area contributed by atoms with Gasteiger partial charge in [-0.05, 0) is 11.6 Å². The maximum Gasteiger partial charge on any atom is 0.0585 e. The van der Waals surface area contributed by atoms with E-state index >= 15 is 0 Å². The lowest BCUT2D eigenvalue weighted by Crippen LogP contribution is -2.04. The summed E-state index contributed by atoms with van der Waals surface area (Å²) in [5.41, 5.74) is 2.64. The molecule has 1 atom stereocenters. The second-order valence-corrected chi connectivity index (χ2v) is 5.18. The van der Waals surface area contributed by atoms with Crippen LogP contribution in [-0.4, -0.2) is 10.2 Å². The Bertz CT molecular complexity index is 383. The number of nitrogens with zero attached hydrogens (tertiary/aromatic N) is 1. The van der Waals surface area contributed by atoms with Gasteiger partial charge in [-0.25, -0.2) is 0 Å². The van der Waals surface area contributed by atoms with E-state index in [2.05, 4.69) is 81.6 Å². The average molecular weight is 311 g/mol. The molecule has 1 unspecified atom stereocenters. The summed E-state index contributed by atoms with van der Waals surface area (Å²) in [6.07, 6.45) is 18.7. The van der Waals surface area contributed by atoms with E-state index in [-0.39, 0.29) is 0 Å². The Labute approximate surface area is 105 Å². The third kappa shape index (κ3) is 2.84. The van der Waals surface area contributed by atoms with Crippen LogP contribution in [0.15, 0.2) is 59.9 Å². The number of hydrogen-bond acceptors (Lipinski definition) is 1. The zero-order valence-electron chi connectivity index (χ0n) is 8.73. The summed E-state index contributed by atoms with van der Waals surface area (Å²) in [4.78, 5) is 0. The van der Waals surface area contributed by atoms with Gasteiger partial charge in [0.05, 0.1) is 22.9 Å². The fourth-order valence-electron chi connectivity index (χ4n) is 1.72. The van der Waals surface area contributed by atoms with Gasteiger partial charge in [0.1, 0.15) is 0 Å². The molecule has 0 fully saturated rings. The van der Waals surface area contributed by atoms with E-state index in [0.717, 1.165) is 6.42 Å². The molecule has 2 bridgehead atoms. The van der Waals surface area contributed by atoms with Crippen molar-refractivity contribution in [1.82, 2.24) is 3.11 Å². The van der Waals surface area contributed by atoms with Gasteiger partial charge in [-0.2, -0.15) is 0 Å². The molecule has 15 heavy (non-hydrogen) atoms. The molecule has 0 radical (unpaired) electrons. The van der Waals surface area contributed by atoms with E-state index in [1.165, 1.54) is 11.3 Å². The maximum atomic E-state index is 2.32. The molecule has 0 aromatic rings. The quantitative estimate of drug-likeness (QED) is 0.405. The Hall–Kier alpha value is -0.770. The molecule has 2 heteroatoms. The van der Waals surface area contributed by atoms with Crippen LogP contribution in [0.3, 0.4) is 0 Å². The average Bonchev–Trinajstić information content (AvgIpc) is 2.39. The predicted octanol–water partition coefficient (Wildman–Crippen LogP) is 3.78. The van der Waals surface area contributed by atoms with Crippen LogP contribution in [0.4, 0.5) is 0 Å². The first-order valence-corrected chi connectivity index (χ1v) is 6.05. The van der Waals surface area contributed by atoms with Gasteiger partial charge in [0.15, 0.2) is 0 Å². The molecule has 0 saturated heterocycles. The molecule has 0 spiro atoms. The molecule has 0 heterocycles. The molecule has 0 aliphatic heterocycles. The molecule has 2 aliphatic carbocycles. The Morgan fingerprint density at radius 1 is 1.33 bits per heavy atom. The van der Waals surface area contributed by atoms with Crippen LogP contribution in [0.25, 0.3) is 0 Å². The van der Waals surface area contributed by atoms with Crippen LogP contribution >= 0.6 is 22.9 Å². The highest BCUT2D eigenvalue weighted by Crippen LogP contribution is 2.22. The molecule has 0 aromatic carbocycles. The minimum absolute atomic E-state index is 0.451. The lowest BCUT2D eigenvalue weighted by Gasteiger charge is -2.15. The Morgan fingerprint density at radius 2 is 2.20 bits per heavy atom. The Morgan fingerprint density at radius 3 is 3.00 bits per heavy atom. The van der Waals surface area contributed by atoms with Crippen molar-refractivity contribution >= 4 is 22.9 Å². The predicted molar refractivity (Wildman–Crippen MR) is 73.5 cm³/mol. The van der Waals surface area contributed by atoms with Gasteiger partial charge in [0.2, 0.25) is 0 Å². The Balaban J connectivity index is 2.36. The molecule has 1 nitrogen and oxygen atoms in total. The first-order valence-electron chi connectivity index (χ1n) is 5.09. The molecule has 78 valence electrons.